The van der Waals surface area contributed by atoms with Crippen molar-refractivity contribution in [2.75, 3.05) is 18.0 Å². The molecule has 0 aliphatic carbocycles. The number of hydrogen-bond donors (Lipinski definition) is 2. The van der Waals surface area contributed by atoms with Crippen LogP contribution in [-0.2, 0) is 0 Å². The highest BCUT2D eigenvalue weighted by atomic mass is 16.1. The molecule has 19 heavy (non-hydrogen) atoms. The molecule has 0 radical (unpaired) electrons. The second-order valence-electron chi connectivity index (χ2n) is 5.63. The van der Waals surface area contributed by atoms with Crippen LogP contribution in [0.3, 0.4) is 0 Å². The van der Waals surface area contributed by atoms with Crippen LogP contribution in [0, 0.1) is 12.8 Å². The van der Waals surface area contributed by atoms with Gasteiger partial charge in [0.15, 0.2) is 5.65 Å². The highest BCUT2D eigenvalue weighted by Crippen LogP contribution is 2.30. The van der Waals surface area contributed by atoms with Crippen LogP contribution in [0.25, 0.3) is 5.65 Å². The van der Waals surface area contributed by atoms with E-state index in [0.29, 0.717) is 17.4 Å². The van der Waals surface area contributed by atoms with Gasteiger partial charge in [0.05, 0.1) is 5.54 Å². The first kappa shape index (κ1) is 12.2. The van der Waals surface area contributed by atoms with Gasteiger partial charge >= 0.3 is 5.69 Å². The molecule has 0 atom stereocenters. The molecule has 7 nitrogen and oxygen atoms in total. The molecule has 0 amide bonds. The van der Waals surface area contributed by atoms with Crippen LogP contribution in [0.4, 0.5) is 5.82 Å². The summed E-state index contributed by atoms with van der Waals surface area (Å²) in [5.74, 6) is 1.89. The highest BCUT2D eigenvalue weighted by Gasteiger charge is 2.42. The van der Waals surface area contributed by atoms with E-state index in [-0.39, 0.29) is 11.2 Å². The van der Waals surface area contributed by atoms with Crippen LogP contribution in [0.5, 0.6) is 0 Å². The molecule has 2 aromatic heterocycles. The Morgan fingerprint density at radius 2 is 2.16 bits per heavy atom. The molecule has 102 valence electrons. The third-order valence-electron chi connectivity index (χ3n) is 4.00. The minimum atomic E-state index is -0.259. The molecule has 0 spiro atoms. The molecule has 2 aromatic rings. The lowest BCUT2D eigenvalue weighted by Gasteiger charge is -2.51. The van der Waals surface area contributed by atoms with Crippen LogP contribution < -0.4 is 16.3 Å². The molecule has 1 aliphatic heterocycles. The maximum absolute atomic E-state index is 11.5. The first-order chi connectivity index (χ1) is 8.90. The van der Waals surface area contributed by atoms with Crippen molar-refractivity contribution in [3.05, 3.63) is 22.4 Å². The van der Waals surface area contributed by atoms with Gasteiger partial charge in [0.1, 0.15) is 11.6 Å². The Kier molecular flexibility index (Phi) is 2.43. The van der Waals surface area contributed by atoms with Gasteiger partial charge in [-0.1, -0.05) is 13.8 Å². The zero-order chi connectivity index (χ0) is 13.8. The summed E-state index contributed by atoms with van der Waals surface area (Å²) in [7, 11) is 0. The second kappa shape index (κ2) is 3.80. The second-order valence-corrected chi connectivity index (χ2v) is 5.63. The maximum atomic E-state index is 11.5. The number of aryl methyl sites for hydroxylation is 1. The molecule has 0 bridgehead atoms. The average Bonchev–Trinajstić information content (AvgIpc) is 2.67. The number of nitrogens with two attached hydrogens (primary N) is 1. The van der Waals surface area contributed by atoms with Crippen LogP contribution in [0.2, 0.25) is 0 Å². The van der Waals surface area contributed by atoms with Crippen molar-refractivity contribution in [2.24, 2.45) is 11.7 Å². The molecule has 7 heteroatoms. The fourth-order valence-electron chi connectivity index (χ4n) is 2.44. The number of hydrogen-bond acceptors (Lipinski definition) is 5. The molecule has 0 saturated carbocycles. The molecular formula is C12H18N6O. The number of nitrogens with zero attached hydrogens (tertiary/aromatic N) is 4. The maximum Gasteiger partial charge on any atom is 0.349 e. The van der Waals surface area contributed by atoms with Crippen molar-refractivity contribution in [1.82, 2.24) is 19.6 Å². The fourth-order valence-corrected chi connectivity index (χ4v) is 2.44. The van der Waals surface area contributed by atoms with Gasteiger partial charge in [0.2, 0.25) is 0 Å². The summed E-state index contributed by atoms with van der Waals surface area (Å²) in [4.78, 5) is 18.1. The molecule has 3 rings (SSSR count). The largest absolute Gasteiger partial charge is 0.353 e. The Bertz CT molecular complexity index is 679. The van der Waals surface area contributed by atoms with E-state index in [1.165, 1.54) is 4.40 Å². The van der Waals surface area contributed by atoms with Crippen LogP contribution in [0.15, 0.2) is 10.9 Å². The molecule has 3 N–H and O–H groups in total. The molecule has 0 aromatic carbocycles. The third kappa shape index (κ3) is 1.73. The zero-order valence-corrected chi connectivity index (χ0v) is 11.3. The van der Waals surface area contributed by atoms with E-state index in [1.807, 2.05) is 6.07 Å². The van der Waals surface area contributed by atoms with Gasteiger partial charge in [-0.15, -0.1) is 0 Å². The summed E-state index contributed by atoms with van der Waals surface area (Å²) in [6.45, 7) is 7.62. The standard InChI is InChI=1S/C12H18N6O/c1-7(2)12(13)5-17(6-12)9-4-10-15-16-11(19)18(10)8(3)14-9/h4,7H,5-6,13H2,1-3H3,(H,16,19). The van der Waals surface area contributed by atoms with Crippen LogP contribution in [0.1, 0.15) is 19.7 Å². The van der Waals surface area contributed by atoms with Crippen molar-refractivity contribution < 1.29 is 0 Å². The lowest BCUT2D eigenvalue weighted by atomic mass is 9.80. The predicted molar refractivity (Wildman–Crippen MR) is 72.3 cm³/mol. The quantitative estimate of drug-likeness (QED) is 0.788. The molecule has 0 unspecified atom stereocenters. The van der Waals surface area contributed by atoms with E-state index < -0.39 is 0 Å². The van der Waals surface area contributed by atoms with Gasteiger partial charge in [-0.25, -0.2) is 19.3 Å². The highest BCUT2D eigenvalue weighted by molar-refractivity contribution is 5.54. The molecule has 1 fully saturated rings. The minimum absolute atomic E-state index is 0.146. The van der Waals surface area contributed by atoms with E-state index in [4.69, 9.17) is 5.73 Å². The Labute approximate surface area is 110 Å². The fraction of sp³-hybridized carbons (Fsp3) is 0.583. The van der Waals surface area contributed by atoms with Gasteiger partial charge < -0.3 is 10.6 Å². The van der Waals surface area contributed by atoms with Crippen molar-refractivity contribution in [3.63, 3.8) is 0 Å². The number of nitrogens with one attached hydrogen (secondary N) is 1. The van der Waals surface area contributed by atoms with Gasteiger partial charge in [0.25, 0.3) is 0 Å². The molecule has 1 aliphatic rings. The predicted octanol–water partition coefficient (Wildman–Crippen LogP) is -0.100. The normalized spacial score (nSPS) is 18.1. The van der Waals surface area contributed by atoms with E-state index in [2.05, 4.69) is 33.9 Å². The number of aromatic amines is 1. The Hall–Kier alpha value is -1.89. The van der Waals surface area contributed by atoms with Crippen LogP contribution in [-0.4, -0.2) is 38.2 Å². The van der Waals surface area contributed by atoms with Crippen LogP contribution >= 0.6 is 0 Å². The van der Waals surface area contributed by atoms with E-state index in [0.717, 1.165) is 18.9 Å². The molecule has 1 saturated heterocycles. The number of aromatic nitrogens is 4. The summed E-state index contributed by atoms with van der Waals surface area (Å²) in [6.07, 6.45) is 0. The summed E-state index contributed by atoms with van der Waals surface area (Å²) >= 11 is 0. The Morgan fingerprint density at radius 3 is 2.79 bits per heavy atom. The summed E-state index contributed by atoms with van der Waals surface area (Å²) in [5, 5.41) is 6.41. The third-order valence-corrected chi connectivity index (χ3v) is 4.00. The van der Waals surface area contributed by atoms with Crippen molar-refractivity contribution in [2.45, 2.75) is 26.3 Å². The lowest BCUT2D eigenvalue weighted by Crippen LogP contribution is -2.70. The summed E-state index contributed by atoms with van der Waals surface area (Å²) in [6, 6.07) is 1.81. The number of H-pyrrole nitrogens is 1. The van der Waals surface area contributed by atoms with Crippen molar-refractivity contribution >= 4 is 11.5 Å². The summed E-state index contributed by atoms with van der Waals surface area (Å²) < 4.78 is 1.46. The Balaban J connectivity index is 1.94. The van der Waals surface area contributed by atoms with Gasteiger partial charge in [-0.2, -0.15) is 5.10 Å². The number of anilines is 1. The number of fused-ring (bicyclic) bond motifs is 1. The molecule has 3 heterocycles. The van der Waals surface area contributed by atoms with Gasteiger partial charge in [-0.05, 0) is 12.8 Å². The van der Waals surface area contributed by atoms with Gasteiger partial charge in [-0.3, -0.25) is 0 Å². The first-order valence-electron chi connectivity index (χ1n) is 6.39. The van der Waals surface area contributed by atoms with E-state index in [9.17, 15) is 4.79 Å². The lowest BCUT2D eigenvalue weighted by molar-refractivity contribution is 0.243. The van der Waals surface area contributed by atoms with Gasteiger partial charge in [0, 0.05) is 19.2 Å². The summed E-state index contributed by atoms with van der Waals surface area (Å²) in [5.41, 5.74) is 6.47. The SMILES string of the molecule is Cc1nc(N2CC(N)(C(C)C)C2)cc2n[nH]c(=O)n12. The van der Waals surface area contributed by atoms with E-state index in [1.54, 1.807) is 6.92 Å². The minimum Gasteiger partial charge on any atom is -0.353 e. The van der Waals surface area contributed by atoms with Crippen molar-refractivity contribution in [3.8, 4) is 0 Å². The molecular weight excluding hydrogens is 244 g/mol. The monoisotopic (exact) mass is 262 g/mol. The topological polar surface area (TPSA) is 92.3 Å². The number of rotatable bonds is 2. The average molecular weight is 262 g/mol. The zero-order valence-electron chi connectivity index (χ0n) is 11.3. The smallest absolute Gasteiger partial charge is 0.349 e. The first-order valence-corrected chi connectivity index (χ1v) is 6.39. The Morgan fingerprint density at radius 1 is 1.47 bits per heavy atom. The van der Waals surface area contributed by atoms with Crippen molar-refractivity contribution in [1.29, 1.82) is 0 Å². The van der Waals surface area contributed by atoms with E-state index >= 15 is 0 Å².